The highest BCUT2D eigenvalue weighted by Crippen LogP contribution is 2.28. The SMILES string of the molecule is Cc1ccc(C)c(S(=O)(=O)Nc2ccc(Oc3nc4ccccc4n4cnnc34)cc2)c1. The van der Waals surface area contributed by atoms with E-state index in [2.05, 4.69) is 19.9 Å². The summed E-state index contributed by atoms with van der Waals surface area (Å²) in [6.07, 6.45) is 1.61. The minimum Gasteiger partial charge on any atom is -0.436 e. The van der Waals surface area contributed by atoms with Crippen LogP contribution in [0.1, 0.15) is 11.1 Å². The lowest BCUT2D eigenvalue weighted by atomic mass is 10.2. The average molecular weight is 446 g/mol. The molecule has 0 amide bonds. The molecule has 3 aromatic carbocycles. The smallest absolute Gasteiger partial charge is 0.266 e. The molecule has 32 heavy (non-hydrogen) atoms. The monoisotopic (exact) mass is 445 g/mol. The lowest BCUT2D eigenvalue weighted by molar-refractivity contribution is 0.467. The third-order valence-electron chi connectivity index (χ3n) is 5.06. The molecule has 0 aliphatic carbocycles. The van der Waals surface area contributed by atoms with Crippen molar-refractivity contribution in [2.75, 3.05) is 4.72 Å². The molecule has 1 N–H and O–H groups in total. The third kappa shape index (κ3) is 3.63. The van der Waals surface area contributed by atoms with Crippen LogP contribution in [0.25, 0.3) is 16.7 Å². The Bertz CT molecular complexity index is 1560. The number of ether oxygens (including phenoxy) is 1. The van der Waals surface area contributed by atoms with Crippen molar-refractivity contribution in [3.05, 3.63) is 84.2 Å². The first-order valence-corrected chi connectivity index (χ1v) is 11.4. The number of rotatable bonds is 5. The van der Waals surface area contributed by atoms with Crippen molar-refractivity contribution in [1.82, 2.24) is 19.6 Å². The van der Waals surface area contributed by atoms with E-state index in [9.17, 15) is 8.42 Å². The van der Waals surface area contributed by atoms with Crippen LogP contribution >= 0.6 is 0 Å². The molecule has 0 fully saturated rings. The van der Waals surface area contributed by atoms with Gasteiger partial charge in [0.2, 0.25) is 5.65 Å². The molecule has 2 heterocycles. The van der Waals surface area contributed by atoms with Crippen molar-refractivity contribution in [1.29, 1.82) is 0 Å². The quantitative estimate of drug-likeness (QED) is 0.428. The minimum atomic E-state index is -3.71. The Morgan fingerprint density at radius 3 is 2.56 bits per heavy atom. The third-order valence-corrected chi connectivity index (χ3v) is 6.58. The van der Waals surface area contributed by atoms with Gasteiger partial charge in [-0.3, -0.25) is 9.12 Å². The highest BCUT2D eigenvalue weighted by atomic mass is 32.2. The van der Waals surface area contributed by atoms with E-state index in [4.69, 9.17) is 4.74 Å². The van der Waals surface area contributed by atoms with Crippen LogP contribution in [0.4, 0.5) is 5.69 Å². The Morgan fingerprint density at radius 1 is 0.969 bits per heavy atom. The predicted molar refractivity (Wildman–Crippen MR) is 122 cm³/mol. The van der Waals surface area contributed by atoms with E-state index in [1.807, 2.05) is 41.7 Å². The van der Waals surface area contributed by atoms with Crippen molar-refractivity contribution in [3.8, 4) is 11.6 Å². The Balaban J connectivity index is 1.42. The highest BCUT2D eigenvalue weighted by molar-refractivity contribution is 7.92. The number of nitrogens with one attached hydrogen (secondary N) is 1. The molecule has 0 radical (unpaired) electrons. The molecule has 160 valence electrons. The summed E-state index contributed by atoms with van der Waals surface area (Å²) in [5.74, 6) is 0.803. The fraction of sp³-hybridized carbons (Fsp3) is 0.0870. The van der Waals surface area contributed by atoms with E-state index in [-0.39, 0.29) is 4.90 Å². The van der Waals surface area contributed by atoms with Gasteiger partial charge >= 0.3 is 0 Å². The molecule has 0 bridgehead atoms. The molecule has 0 unspecified atom stereocenters. The van der Waals surface area contributed by atoms with Crippen LogP contribution in [0.5, 0.6) is 11.6 Å². The second kappa shape index (κ2) is 7.61. The van der Waals surface area contributed by atoms with E-state index in [0.29, 0.717) is 28.5 Å². The standard InChI is InChI=1S/C23H19N5O3S/c1-15-7-8-16(2)21(13-15)32(29,30)27-17-9-11-18(12-10-17)31-23-22-26-24-14-28(22)20-6-4-3-5-19(20)25-23/h3-14,27H,1-2H3. The molecule has 5 rings (SSSR count). The maximum absolute atomic E-state index is 12.8. The molecular weight excluding hydrogens is 426 g/mol. The van der Waals surface area contributed by atoms with Gasteiger partial charge in [0.15, 0.2) is 0 Å². The van der Waals surface area contributed by atoms with Crippen LogP contribution in [-0.4, -0.2) is 28.0 Å². The van der Waals surface area contributed by atoms with Gasteiger partial charge in [-0.15, -0.1) is 10.2 Å². The number of hydrogen-bond acceptors (Lipinski definition) is 6. The lowest BCUT2D eigenvalue weighted by Crippen LogP contribution is -2.14. The number of benzene rings is 3. The first-order chi connectivity index (χ1) is 15.4. The van der Waals surface area contributed by atoms with Gasteiger partial charge in [-0.05, 0) is 67.4 Å². The summed E-state index contributed by atoms with van der Waals surface area (Å²) >= 11 is 0. The number of aryl methyl sites for hydroxylation is 2. The van der Waals surface area contributed by atoms with Gasteiger partial charge in [0, 0.05) is 5.69 Å². The summed E-state index contributed by atoms with van der Waals surface area (Å²) in [5, 5.41) is 8.08. The maximum Gasteiger partial charge on any atom is 0.266 e. The Morgan fingerprint density at radius 2 is 1.75 bits per heavy atom. The number of para-hydroxylation sites is 2. The van der Waals surface area contributed by atoms with E-state index in [1.54, 1.807) is 49.6 Å². The maximum atomic E-state index is 12.8. The molecule has 0 saturated carbocycles. The summed E-state index contributed by atoms with van der Waals surface area (Å²) in [5.41, 5.74) is 4.09. The van der Waals surface area contributed by atoms with Gasteiger partial charge in [-0.1, -0.05) is 24.3 Å². The van der Waals surface area contributed by atoms with Gasteiger partial charge in [0.25, 0.3) is 15.9 Å². The van der Waals surface area contributed by atoms with Crippen LogP contribution in [0.3, 0.4) is 0 Å². The largest absolute Gasteiger partial charge is 0.436 e. The molecule has 9 heteroatoms. The molecule has 8 nitrogen and oxygen atoms in total. The first-order valence-electron chi connectivity index (χ1n) is 9.87. The second-order valence-electron chi connectivity index (χ2n) is 7.43. The normalized spacial score (nSPS) is 11.7. The van der Waals surface area contributed by atoms with Crippen LogP contribution < -0.4 is 9.46 Å². The zero-order valence-electron chi connectivity index (χ0n) is 17.4. The number of sulfonamides is 1. The van der Waals surface area contributed by atoms with E-state index in [1.165, 1.54) is 0 Å². The zero-order valence-corrected chi connectivity index (χ0v) is 18.2. The molecule has 0 saturated heterocycles. The van der Waals surface area contributed by atoms with Gasteiger partial charge in [-0.25, -0.2) is 13.4 Å². The van der Waals surface area contributed by atoms with Crippen molar-refractivity contribution >= 4 is 32.4 Å². The Labute approximate surface area is 184 Å². The van der Waals surface area contributed by atoms with Crippen LogP contribution in [0, 0.1) is 13.8 Å². The topological polar surface area (TPSA) is 98.5 Å². The molecule has 0 aliphatic heterocycles. The van der Waals surface area contributed by atoms with Crippen molar-refractivity contribution < 1.29 is 13.2 Å². The summed E-state index contributed by atoms with van der Waals surface area (Å²) < 4.78 is 36.0. The molecule has 2 aromatic heterocycles. The van der Waals surface area contributed by atoms with E-state index >= 15 is 0 Å². The van der Waals surface area contributed by atoms with Crippen molar-refractivity contribution in [2.45, 2.75) is 18.7 Å². The minimum absolute atomic E-state index is 0.257. The van der Waals surface area contributed by atoms with Crippen LogP contribution in [0.2, 0.25) is 0 Å². The van der Waals surface area contributed by atoms with Gasteiger partial charge in [-0.2, -0.15) is 0 Å². The highest BCUT2D eigenvalue weighted by Gasteiger charge is 2.17. The van der Waals surface area contributed by atoms with Gasteiger partial charge < -0.3 is 4.74 Å². The van der Waals surface area contributed by atoms with Crippen LogP contribution in [-0.2, 0) is 10.0 Å². The summed E-state index contributed by atoms with van der Waals surface area (Å²) in [4.78, 5) is 4.81. The van der Waals surface area contributed by atoms with Gasteiger partial charge in [0.1, 0.15) is 12.1 Å². The molecule has 0 spiro atoms. The molecular formula is C23H19N5O3S. The number of fused-ring (bicyclic) bond motifs is 3. The van der Waals surface area contributed by atoms with Crippen molar-refractivity contribution in [2.24, 2.45) is 0 Å². The zero-order chi connectivity index (χ0) is 22.3. The molecule has 5 aromatic rings. The summed E-state index contributed by atoms with van der Waals surface area (Å²) in [7, 11) is -3.71. The number of nitrogens with zero attached hydrogens (tertiary/aromatic N) is 4. The van der Waals surface area contributed by atoms with Crippen molar-refractivity contribution in [3.63, 3.8) is 0 Å². The average Bonchev–Trinajstić information content (AvgIpc) is 3.27. The van der Waals surface area contributed by atoms with Crippen LogP contribution in [0.15, 0.2) is 78.0 Å². The number of aromatic nitrogens is 4. The molecule has 0 atom stereocenters. The first kappa shape index (κ1) is 20.0. The Kier molecular flexibility index (Phi) is 4.75. The molecule has 0 aliphatic rings. The van der Waals surface area contributed by atoms with Gasteiger partial charge in [0.05, 0.1) is 15.9 Å². The van der Waals surface area contributed by atoms with E-state index < -0.39 is 10.0 Å². The summed E-state index contributed by atoms with van der Waals surface area (Å²) in [6.45, 7) is 3.63. The second-order valence-corrected chi connectivity index (χ2v) is 9.08. The Hall–Kier alpha value is -3.98. The lowest BCUT2D eigenvalue weighted by Gasteiger charge is -2.12. The fourth-order valence-corrected chi connectivity index (χ4v) is 4.85. The predicted octanol–water partition coefficient (Wildman–Crippen LogP) is 4.49. The number of hydrogen-bond donors (Lipinski definition) is 1. The number of anilines is 1. The fourth-order valence-electron chi connectivity index (χ4n) is 3.46. The summed E-state index contributed by atoms with van der Waals surface area (Å²) in [6, 6.07) is 19.6. The van der Waals surface area contributed by atoms with E-state index in [0.717, 1.165) is 16.6 Å².